The Hall–Kier alpha value is -0.610. The predicted molar refractivity (Wildman–Crippen MR) is 46.1 cm³/mol. The van der Waals surface area contributed by atoms with Crippen molar-refractivity contribution in [1.82, 2.24) is 0 Å². The van der Waals surface area contributed by atoms with Gasteiger partial charge in [0.1, 0.15) is 0 Å². The third-order valence-electron chi connectivity index (χ3n) is 1.27. The van der Waals surface area contributed by atoms with Crippen molar-refractivity contribution in [1.29, 1.82) is 0 Å². The van der Waals surface area contributed by atoms with E-state index in [0.717, 1.165) is 0 Å². The number of carbonyl (C=O) groups is 1. The second-order valence-corrected chi connectivity index (χ2v) is 3.26. The van der Waals surface area contributed by atoms with Crippen molar-refractivity contribution in [3.63, 3.8) is 0 Å². The van der Waals surface area contributed by atoms with Crippen LogP contribution in [0.3, 0.4) is 0 Å². The Morgan fingerprint density at radius 2 is 2.17 bits per heavy atom. The number of halogens is 3. The lowest BCUT2D eigenvalue weighted by atomic mass is 10.2. The molecule has 0 fully saturated rings. The summed E-state index contributed by atoms with van der Waals surface area (Å²) in [6, 6.07) is 2.53. The normalized spacial score (nSPS) is 9.92. The molecule has 0 amide bonds. The highest BCUT2D eigenvalue weighted by Gasteiger charge is 2.14. The van der Waals surface area contributed by atoms with Crippen LogP contribution >= 0.6 is 27.5 Å². The zero-order chi connectivity index (χ0) is 9.30. The molecule has 0 radical (unpaired) electrons. The molecule has 64 valence electrons. The van der Waals surface area contributed by atoms with Crippen LogP contribution in [-0.2, 0) is 0 Å². The number of rotatable bonds is 1. The molecule has 0 spiro atoms. The number of benzene rings is 1. The maximum atomic E-state index is 12.9. The van der Waals surface area contributed by atoms with Crippen LogP contribution in [0.2, 0.25) is 5.02 Å². The molecule has 0 atom stereocenters. The first kappa shape index (κ1) is 9.48. The quantitative estimate of drug-likeness (QED) is 0.781. The summed E-state index contributed by atoms with van der Waals surface area (Å²) in [5.74, 6) is -2.00. The molecule has 0 heterocycles. The molecule has 0 aliphatic carbocycles. The first-order chi connectivity index (χ1) is 5.54. The average molecular weight is 253 g/mol. The fourth-order valence-corrected chi connectivity index (χ4v) is 1.38. The van der Waals surface area contributed by atoms with Gasteiger partial charge in [-0.2, -0.15) is 0 Å². The smallest absolute Gasteiger partial charge is 0.337 e. The SMILES string of the molecule is O=C(O)c1ccc(Br)c(F)c1Cl. The van der Waals surface area contributed by atoms with E-state index in [-0.39, 0.29) is 15.1 Å². The van der Waals surface area contributed by atoms with Crippen LogP contribution < -0.4 is 0 Å². The molecular weight excluding hydrogens is 250 g/mol. The molecule has 0 saturated carbocycles. The van der Waals surface area contributed by atoms with Gasteiger partial charge in [-0.1, -0.05) is 11.6 Å². The molecule has 5 heteroatoms. The second kappa shape index (κ2) is 3.41. The Morgan fingerprint density at radius 1 is 1.58 bits per heavy atom. The average Bonchev–Trinajstić information content (AvgIpc) is 2.00. The summed E-state index contributed by atoms with van der Waals surface area (Å²) >= 11 is 8.28. The summed E-state index contributed by atoms with van der Waals surface area (Å²) in [6.07, 6.45) is 0. The largest absolute Gasteiger partial charge is 0.478 e. The molecule has 1 aromatic carbocycles. The fourth-order valence-electron chi connectivity index (χ4n) is 0.691. The zero-order valence-electron chi connectivity index (χ0n) is 5.64. The maximum Gasteiger partial charge on any atom is 0.337 e. The van der Waals surface area contributed by atoms with E-state index < -0.39 is 11.8 Å². The van der Waals surface area contributed by atoms with E-state index in [1.54, 1.807) is 0 Å². The molecule has 0 aromatic heterocycles. The monoisotopic (exact) mass is 252 g/mol. The van der Waals surface area contributed by atoms with Crippen molar-refractivity contribution in [2.75, 3.05) is 0 Å². The lowest BCUT2D eigenvalue weighted by molar-refractivity contribution is 0.0696. The van der Waals surface area contributed by atoms with Crippen molar-refractivity contribution < 1.29 is 14.3 Å². The minimum atomic E-state index is -1.24. The van der Waals surface area contributed by atoms with Gasteiger partial charge in [0, 0.05) is 0 Å². The van der Waals surface area contributed by atoms with E-state index in [1.165, 1.54) is 12.1 Å². The first-order valence-electron chi connectivity index (χ1n) is 2.91. The maximum absolute atomic E-state index is 12.9. The van der Waals surface area contributed by atoms with Crippen molar-refractivity contribution in [3.8, 4) is 0 Å². The van der Waals surface area contributed by atoms with Crippen molar-refractivity contribution in [2.45, 2.75) is 0 Å². The Bertz CT molecular complexity index is 340. The van der Waals surface area contributed by atoms with E-state index in [4.69, 9.17) is 16.7 Å². The minimum Gasteiger partial charge on any atom is -0.478 e. The Morgan fingerprint density at radius 3 is 2.67 bits per heavy atom. The van der Waals surface area contributed by atoms with Gasteiger partial charge < -0.3 is 5.11 Å². The molecule has 12 heavy (non-hydrogen) atoms. The number of aromatic carboxylic acids is 1. The topological polar surface area (TPSA) is 37.3 Å². The van der Waals surface area contributed by atoms with Crippen molar-refractivity contribution in [2.24, 2.45) is 0 Å². The van der Waals surface area contributed by atoms with Gasteiger partial charge in [-0.15, -0.1) is 0 Å². The van der Waals surface area contributed by atoms with Gasteiger partial charge in [0.2, 0.25) is 0 Å². The van der Waals surface area contributed by atoms with Crippen LogP contribution in [-0.4, -0.2) is 11.1 Å². The Labute approximate surface area is 81.1 Å². The first-order valence-corrected chi connectivity index (χ1v) is 4.08. The molecule has 0 saturated heterocycles. The summed E-state index contributed by atoms with van der Waals surface area (Å²) in [7, 11) is 0. The van der Waals surface area contributed by atoms with Crippen molar-refractivity contribution >= 4 is 33.5 Å². The predicted octanol–water partition coefficient (Wildman–Crippen LogP) is 2.94. The highest BCUT2D eigenvalue weighted by atomic mass is 79.9. The third-order valence-corrected chi connectivity index (χ3v) is 2.25. The molecule has 0 unspecified atom stereocenters. The lowest BCUT2D eigenvalue weighted by Crippen LogP contribution is -1.98. The molecule has 0 bridgehead atoms. The third kappa shape index (κ3) is 1.59. The summed E-state index contributed by atoms with van der Waals surface area (Å²) in [5.41, 5.74) is -0.239. The number of carboxylic acid groups (broad SMARTS) is 1. The van der Waals surface area contributed by atoms with Gasteiger partial charge in [0.25, 0.3) is 0 Å². The Balaban J connectivity index is 3.36. The van der Waals surface area contributed by atoms with Crippen LogP contribution in [0.4, 0.5) is 4.39 Å². The fraction of sp³-hybridized carbons (Fsp3) is 0. The van der Waals surface area contributed by atoms with Crippen LogP contribution in [0, 0.1) is 5.82 Å². The van der Waals surface area contributed by atoms with Crippen LogP contribution in [0.5, 0.6) is 0 Å². The highest BCUT2D eigenvalue weighted by molar-refractivity contribution is 9.10. The van der Waals surface area contributed by atoms with Crippen LogP contribution in [0.1, 0.15) is 10.4 Å². The van der Waals surface area contributed by atoms with E-state index in [1.807, 2.05) is 0 Å². The summed E-state index contributed by atoms with van der Waals surface area (Å²) in [4.78, 5) is 10.4. The van der Waals surface area contributed by atoms with E-state index in [2.05, 4.69) is 15.9 Å². The number of hydrogen-bond acceptors (Lipinski definition) is 1. The zero-order valence-corrected chi connectivity index (χ0v) is 7.99. The molecule has 1 aromatic rings. The standard InChI is InChI=1S/C7H3BrClFO2/c8-4-2-1-3(7(11)12)5(9)6(4)10/h1-2H,(H,11,12). The molecule has 1 rings (SSSR count). The lowest BCUT2D eigenvalue weighted by Gasteiger charge is -2.00. The number of hydrogen-bond donors (Lipinski definition) is 1. The van der Waals surface area contributed by atoms with Gasteiger partial charge in [0.05, 0.1) is 15.1 Å². The minimum absolute atomic E-state index is 0.150. The van der Waals surface area contributed by atoms with E-state index >= 15 is 0 Å². The van der Waals surface area contributed by atoms with Crippen LogP contribution in [0.25, 0.3) is 0 Å². The number of carboxylic acids is 1. The molecular formula is C7H3BrClFO2. The second-order valence-electron chi connectivity index (χ2n) is 2.03. The molecule has 0 aliphatic rings. The molecule has 1 N–H and O–H groups in total. The van der Waals surface area contributed by atoms with Gasteiger partial charge in [-0.05, 0) is 28.1 Å². The van der Waals surface area contributed by atoms with Crippen molar-refractivity contribution in [3.05, 3.63) is 33.0 Å². The van der Waals surface area contributed by atoms with Crippen LogP contribution in [0.15, 0.2) is 16.6 Å². The highest BCUT2D eigenvalue weighted by Crippen LogP contribution is 2.26. The Kier molecular flexibility index (Phi) is 2.69. The van der Waals surface area contributed by atoms with Gasteiger partial charge in [-0.3, -0.25) is 0 Å². The molecule has 2 nitrogen and oxygen atoms in total. The van der Waals surface area contributed by atoms with Gasteiger partial charge in [-0.25, -0.2) is 9.18 Å². The summed E-state index contributed by atoms with van der Waals surface area (Å²) in [6.45, 7) is 0. The van der Waals surface area contributed by atoms with E-state index in [9.17, 15) is 9.18 Å². The summed E-state index contributed by atoms with van der Waals surface area (Å²) in [5, 5.41) is 8.14. The molecule has 0 aliphatic heterocycles. The van der Waals surface area contributed by atoms with Gasteiger partial charge >= 0.3 is 5.97 Å². The summed E-state index contributed by atoms with van der Waals surface area (Å²) < 4.78 is 13.1. The van der Waals surface area contributed by atoms with E-state index in [0.29, 0.717) is 0 Å². The van der Waals surface area contributed by atoms with Gasteiger partial charge in [0.15, 0.2) is 5.82 Å².